The van der Waals surface area contributed by atoms with Crippen LogP contribution in [0.1, 0.15) is 32.8 Å². The number of carbonyl (C=O) groups is 1. The topological polar surface area (TPSA) is 63.7 Å². The SMILES string of the molecule is Cc1ccc(S(=O)(=O)ON2C(=O)CC2C(C)(C)C)cc1. The monoisotopic (exact) mass is 297 g/mol. The van der Waals surface area contributed by atoms with E-state index < -0.39 is 10.1 Å². The molecular weight excluding hydrogens is 278 g/mol. The molecule has 1 unspecified atom stereocenters. The Hall–Kier alpha value is -1.40. The fourth-order valence-corrected chi connectivity index (χ4v) is 2.96. The van der Waals surface area contributed by atoms with Gasteiger partial charge < -0.3 is 0 Å². The number of hydrogen-bond acceptors (Lipinski definition) is 4. The number of rotatable bonds is 3. The maximum absolute atomic E-state index is 12.1. The van der Waals surface area contributed by atoms with Gasteiger partial charge in [0.1, 0.15) is 0 Å². The third kappa shape index (κ3) is 2.86. The molecule has 0 radical (unpaired) electrons. The van der Waals surface area contributed by atoms with Crippen LogP contribution in [0.25, 0.3) is 0 Å². The van der Waals surface area contributed by atoms with Gasteiger partial charge >= 0.3 is 10.1 Å². The highest BCUT2D eigenvalue weighted by Crippen LogP contribution is 2.36. The maximum Gasteiger partial charge on any atom is 0.317 e. The highest BCUT2D eigenvalue weighted by Gasteiger charge is 2.47. The number of β-lactam (4-membered cyclic amide) rings is 1. The second-order valence-corrected chi connectivity index (χ2v) is 7.68. The molecule has 110 valence electrons. The highest BCUT2D eigenvalue weighted by molar-refractivity contribution is 7.86. The number of nitrogens with zero attached hydrogens (tertiary/aromatic N) is 1. The van der Waals surface area contributed by atoms with E-state index in [0.717, 1.165) is 10.6 Å². The lowest BCUT2D eigenvalue weighted by Crippen LogP contribution is -2.58. The molecule has 1 aliphatic rings. The van der Waals surface area contributed by atoms with Gasteiger partial charge in [0, 0.05) is 0 Å². The van der Waals surface area contributed by atoms with Crippen molar-refractivity contribution in [3.8, 4) is 0 Å². The lowest BCUT2D eigenvalue weighted by molar-refractivity contribution is -0.201. The number of hydrogen-bond donors (Lipinski definition) is 0. The van der Waals surface area contributed by atoms with Gasteiger partial charge in [-0.25, -0.2) is 0 Å². The molecule has 1 saturated heterocycles. The summed E-state index contributed by atoms with van der Waals surface area (Å²) < 4.78 is 29.3. The quantitative estimate of drug-likeness (QED) is 0.803. The van der Waals surface area contributed by atoms with Crippen LogP contribution in [0.4, 0.5) is 0 Å². The van der Waals surface area contributed by atoms with Gasteiger partial charge in [-0.3, -0.25) is 4.79 Å². The molecule has 5 nitrogen and oxygen atoms in total. The average Bonchev–Trinajstić information content (AvgIpc) is 2.32. The summed E-state index contributed by atoms with van der Waals surface area (Å²) in [4.78, 5) is 11.6. The number of benzene rings is 1. The number of amides is 1. The highest BCUT2D eigenvalue weighted by atomic mass is 32.2. The zero-order valence-corrected chi connectivity index (χ0v) is 12.9. The minimum Gasteiger partial charge on any atom is -0.272 e. The van der Waals surface area contributed by atoms with E-state index in [9.17, 15) is 13.2 Å². The van der Waals surface area contributed by atoms with Gasteiger partial charge in [0.2, 0.25) is 5.91 Å². The van der Waals surface area contributed by atoms with E-state index in [1.54, 1.807) is 12.1 Å². The zero-order valence-electron chi connectivity index (χ0n) is 12.1. The third-order valence-electron chi connectivity index (χ3n) is 3.38. The summed E-state index contributed by atoms with van der Waals surface area (Å²) in [7, 11) is -3.96. The standard InChI is InChI=1S/C14H19NO4S/c1-10-5-7-11(8-6-10)20(17,18)19-15-12(9-13(15)16)14(2,3)4/h5-8,12H,9H2,1-4H3. The molecule has 0 spiro atoms. The summed E-state index contributed by atoms with van der Waals surface area (Å²) >= 11 is 0. The average molecular weight is 297 g/mol. The lowest BCUT2D eigenvalue weighted by atomic mass is 9.80. The predicted molar refractivity (Wildman–Crippen MR) is 74.2 cm³/mol. The first kappa shape index (κ1) is 15.0. The molecule has 0 N–H and O–H groups in total. The minimum absolute atomic E-state index is 0.0514. The molecule has 1 amide bonds. The van der Waals surface area contributed by atoms with E-state index in [1.807, 2.05) is 27.7 Å². The van der Waals surface area contributed by atoms with Crippen molar-refractivity contribution in [3.05, 3.63) is 29.8 Å². The van der Waals surface area contributed by atoms with Gasteiger partial charge in [0.15, 0.2) is 0 Å². The van der Waals surface area contributed by atoms with Crippen molar-refractivity contribution in [2.24, 2.45) is 5.41 Å². The Bertz CT molecular complexity index is 614. The van der Waals surface area contributed by atoms with Crippen LogP contribution in [-0.4, -0.2) is 25.4 Å². The van der Waals surface area contributed by atoms with Crippen LogP contribution in [0.3, 0.4) is 0 Å². The van der Waals surface area contributed by atoms with Crippen molar-refractivity contribution >= 4 is 16.0 Å². The summed E-state index contributed by atoms with van der Waals surface area (Å²) in [6, 6.07) is 6.10. The van der Waals surface area contributed by atoms with Gasteiger partial charge in [-0.15, -0.1) is 4.28 Å². The number of hydroxylamine groups is 2. The van der Waals surface area contributed by atoms with Gasteiger partial charge in [0.25, 0.3) is 0 Å². The number of aryl methyl sites for hydroxylation is 1. The maximum atomic E-state index is 12.1. The summed E-state index contributed by atoms with van der Waals surface area (Å²) in [5, 5.41) is 0.981. The largest absolute Gasteiger partial charge is 0.317 e. The van der Waals surface area contributed by atoms with Gasteiger partial charge in [0.05, 0.1) is 17.4 Å². The van der Waals surface area contributed by atoms with Crippen molar-refractivity contribution in [2.75, 3.05) is 0 Å². The third-order valence-corrected chi connectivity index (χ3v) is 4.59. The summed E-state index contributed by atoms with van der Waals surface area (Å²) in [6.07, 6.45) is 0.312. The van der Waals surface area contributed by atoms with E-state index in [2.05, 4.69) is 0 Å². The first-order valence-electron chi connectivity index (χ1n) is 6.44. The molecule has 20 heavy (non-hydrogen) atoms. The first-order chi connectivity index (χ1) is 9.11. The summed E-state index contributed by atoms with van der Waals surface area (Å²) in [6.45, 7) is 7.70. The van der Waals surface area contributed by atoms with Gasteiger partial charge in [-0.05, 0) is 24.5 Å². The van der Waals surface area contributed by atoms with E-state index in [1.165, 1.54) is 12.1 Å². The van der Waals surface area contributed by atoms with Crippen molar-refractivity contribution in [2.45, 2.75) is 45.1 Å². The van der Waals surface area contributed by atoms with Crippen LogP contribution in [0.5, 0.6) is 0 Å². The Labute approximate surface area is 119 Å². The van der Waals surface area contributed by atoms with E-state index in [-0.39, 0.29) is 22.3 Å². The molecule has 0 bridgehead atoms. The molecule has 0 aromatic heterocycles. The van der Waals surface area contributed by atoms with Crippen molar-refractivity contribution in [3.63, 3.8) is 0 Å². The van der Waals surface area contributed by atoms with Gasteiger partial charge in [-0.2, -0.15) is 13.5 Å². The van der Waals surface area contributed by atoms with Crippen LogP contribution in [0.15, 0.2) is 29.2 Å². The van der Waals surface area contributed by atoms with E-state index in [4.69, 9.17) is 4.28 Å². The van der Waals surface area contributed by atoms with Crippen molar-refractivity contribution < 1.29 is 17.5 Å². The molecule has 1 heterocycles. The lowest BCUT2D eigenvalue weighted by Gasteiger charge is -2.45. The predicted octanol–water partition coefficient (Wildman–Crippen LogP) is 2.26. The summed E-state index contributed by atoms with van der Waals surface area (Å²) in [5.41, 5.74) is 0.730. The van der Waals surface area contributed by atoms with Gasteiger partial charge in [-0.1, -0.05) is 38.5 Å². The zero-order chi connectivity index (χ0) is 15.1. The summed E-state index contributed by atoms with van der Waals surface area (Å²) in [5.74, 6) is -0.305. The minimum atomic E-state index is -3.96. The fourth-order valence-electron chi connectivity index (χ4n) is 2.00. The normalized spacial score (nSPS) is 19.9. The fraction of sp³-hybridized carbons (Fsp3) is 0.500. The molecule has 0 saturated carbocycles. The molecule has 1 aromatic rings. The smallest absolute Gasteiger partial charge is 0.272 e. The second kappa shape index (κ2) is 4.86. The molecule has 6 heteroatoms. The van der Waals surface area contributed by atoms with Crippen LogP contribution < -0.4 is 0 Å². The second-order valence-electron chi connectivity index (χ2n) is 6.15. The molecule has 1 aliphatic heterocycles. The van der Waals surface area contributed by atoms with E-state index in [0.29, 0.717) is 6.42 Å². The van der Waals surface area contributed by atoms with Crippen LogP contribution in [0.2, 0.25) is 0 Å². The Kier molecular flexibility index (Phi) is 3.64. The van der Waals surface area contributed by atoms with Crippen LogP contribution >= 0.6 is 0 Å². The molecule has 1 aromatic carbocycles. The molecule has 1 atom stereocenters. The Morgan fingerprint density at radius 1 is 1.20 bits per heavy atom. The van der Waals surface area contributed by atoms with Crippen LogP contribution in [0, 0.1) is 12.3 Å². The van der Waals surface area contributed by atoms with Crippen molar-refractivity contribution in [1.82, 2.24) is 5.06 Å². The molecular formula is C14H19NO4S. The van der Waals surface area contributed by atoms with E-state index >= 15 is 0 Å². The van der Waals surface area contributed by atoms with Crippen molar-refractivity contribution in [1.29, 1.82) is 0 Å². The first-order valence-corrected chi connectivity index (χ1v) is 7.85. The Morgan fingerprint density at radius 3 is 2.20 bits per heavy atom. The number of carbonyl (C=O) groups excluding carboxylic acids is 1. The Morgan fingerprint density at radius 2 is 1.75 bits per heavy atom. The molecule has 1 fully saturated rings. The molecule has 0 aliphatic carbocycles. The Balaban J connectivity index is 2.20. The van der Waals surface area contributed by atoms with Crippen LogP contribution in [-0.2, 0) is 19.2 Å². The molecule has 2 rings (SSSR count).